The Morgan fingerprint density at radius 2 is 1.74 bits per heavy atom. The fourth-order valence-corrected chi connectivity index (χ4v) is 3.76. The number of hydrogen-bond acceptors (Lipinski definition) is 6. The van der Waals surface area contributed by atoms with Gasteiger partial charge in [-0.1, -0.05) is 13.0 Å². The molecule has 1 aliphatic rings. The van der Waals surface area contributed by atoms with Crippen LogP contribution in [0.5, 0.6) is 11.5 Å². The number of aryl methyl sites for hydroxylation is 1. The number of rotatable bonds is 5. The molecule has 0 fully saturated rings. The molecule has 7 heteroatoms. The molecule has 1 heterocycles. The summed E-state index contributed by atoms with van der Waals surface area (Å²) in [4.78, 5) is 24.1. The lowest BCUT2D eigenvalue weighted by Crippen LogP contribution is -2.56. The number of hydrogen-bond donors (Lipinski definition) is 2. The van der Waals surface area contributed by atoms with Gasteiger partial charge in [0.05, 0.1) is 5.57 Å². The fourth-order valence-electron chi connectivity index (χ4n) is 3.76. The van der Waals surface area contributed by atoms with Gasteiger partial charge in [-0.2, -0.15) is 5.26 Å². The van der Waals surface area contributed by atoms with E-state index in [1.54, 1.807) is 51.1 Å². The van der Waals surface area contributed by atoms with E-state index >= 15 is 0 Å². The summed E-state index contributed by atoms with van der Waals surface area (Å²) < 4.78 is 11.7. The fraction of sp³-hybridized carbons (Fsp3) is 0.333. The van der Waals surface area contributed by atoms with Crippen LogP contribution >= 0.6 is 0 Å². The van der Waals surface area contributed by atoms with Crippen LogP contribution in [0.3, 0.4) is 0 Å². The monoisotopic (exact) mass is 421 g/mol. The minimum absolute atomic E-state index is 0.124. The highest BCUT2D eigenvalue weighted by molar-refractivity contribution is 6.26. The molecule has 0 saturated carbocycles. The first-order valence-electron chi connectivity index (χ1n) is 9.96. The van der Waals surface area contributed by atoms with E-state index in [-0.39, 0.29) is 28.4 Å². The number of aliphatic hydroxyl groups is 1. The lowest BCUT2D eigenvalue weighted by Gasteiger charge is -2.40. The minimum atomic E-state index is -1.10. The standard InChI is InChI=1S/C24H24N2O5/c1-6-14-7-8-17(30-16-9-10-19(26-29)15(11-16)13-25)12-18(14)20-21(27)23(2,3)31-24(4,5)22(20)28/h7-12,27H,6H2,1-5H3/p+1. The van der Waals surface area contributed by atoms with Crippen LogP contribution in [0.25, 0.3) is 5.57 Å². The Balaban J connectivity index is 2.11. The van der Waals surface area contributed by atoms with Crippen LogP contribution in [0.1, 0.15) is 51.3 Å². The summed E-state index contributed by atoms with van der Waals surface area (Å²) >= 11 is 0. The highest BCUT2D eigenvalue weighted by atomic mass is 16.5. The van der Waals surface area contributed by atoms with Crippen molar-refractivity contribution in [1.82, 2.24) is 0 Å². The second kappa shape index (κ2) is 7.97. The molecule has 0 atom stereocenters. The third-order valence-corrected chi connectivity index (χ3v) is 5.28. The van der Waals surface area contributed by atoms with E-state index in [1.165, 1.54) is 12.1 Å². The van der Waals surface area contributed by atoms with Gasteiger partial charge in [0.1, 0.15) is 40.1 Å². The van der Waals surface area contributed by atoms with E-state index in [0.29, 0.717) is 23.5 Å². The molecule has 0 radical (unpaired) electrons. The molecule has 0 bridgehead atoms. The molecule has 31 heavy (non-hydrogen) atoms. The van der Waals surface area contributed by atoms with Crippen molar-refractivity contribution < 1.29 is 24.6 Å². The van der Waals surface area contributed by atoms with Crippen LogP contribution in [0.4, 0.5) is 5.69 Å². The molecule has 0 aromatic heterocycles. The zero-order valence-electron chi connectivity index (χ0n) is 18.2. The average Bonchev–Trinajstić information content (AvgIpc) is 2.72. The topological polar surface area (TPSA) is 111 Å². The second-order valence-electron chi connectivity index (χ2n) is 8.37. The Morgan fingerprint density at radius 3 is 2.35 bits per heavy atom. The maximum atomic E-state index is 13.2. The van der Waals surface area contributed by atoms with Gasteiger partial charge in [0, 0.05) is 22.2 Å². The first-order valence-corrected chi connectivity index (χ1v) is 9.96. The van der Waals surface area contributed by atoms with E-state index in [0.717, 1.165) is 5.56 Å². The summed E-state index contributed by atoms with van der Waals surface area (Å²) in [5, 5.41) is 21.8. The van der Waals surface area contributed by atoms with Crippen LogP contribution in [0, 0.1) is 16.2 Å². The number of benzene rings is 2. The lowest BCUT2D eigenvalue weighted by molar-refractivity contribution is -0.379. The second-order valence-corrected chi connectivity index (χ2v) is 8.37. The van der Waals surface area contributed by atoms with Crippen molar-refractivity contribution in [1.29, 1.82) is 5.26 Å². The molecule has 0 unspecified atom stereocenters. The Labute approximate surface area is 180 Å². The van der Waals surface area contributed by atoms with Gasteiger partial charge in [-0.05, 0) is 63.4 Å². The molecule has 0 saturated heterocycles. The van der Waals surface area contributed by atoms with Crippen molar-refractivity contribution in [2.75, 3.05) is 0 Å². The maximum absolute atomic E-state index is 13.2. The molecule has 0 amide bonds. The van der Waals surface area contributed by atoms with Crippen LogP contribution < -0.4 is 9.91 Å². The number of aliphatic hydroxyl groups excluding tert-OH is 1. The normalized spacial score (nSPS) is 17.2. The number of carbonyl (C=O) groups excluding carboxylic acids is 1. The first kappa shape index (κ1) is 22.2. The van der Waals surface area contributed by atoms with Crippen LogP contribution in [0.2, 0.25) is 0 Å². The molecule has 1 aliphatic heterocycles. The molecular weight excluding hydrogens is 396 g/mol. The van der Waals surface area contributed by atoms with Gasteiger partial charge in [0.2, 0.25) is 0 Å². The van der Waals surface area contributed by atoms with E-state index < -0.39 is 11.2 Å². The van der Waals surface area contributed by atoms with Gasteiger partial charge >= 0.3 is 0 Å². The molecule has 3 rings (SSSR count). The molecule has 2 N–H and O–H groups in total. The zero-order valence-corrected chi connectivity index (χ0v) is 18.2. The highest BCUT2D eigenvalue weighted by Crippen LogP contribution is 2.42. The maximum Gasteiger partial charge on any atom is 0.271 e. The van der Waals surface area contributed by atoms with Gasteiger partial charge in [0.25, 0.3) is 5.69 Å². The van der Waals surface area contributed by atoms with Crippen LogP contribution in [-0.2, 0) is 16.0 Å². The number of carbonyl (C=O) groups is 1. The van der Waals surface area contributed by atoms with Crippen LogP contribution in [-0.4, -0.2) is 22.1 Å². The zero-order chi connectivity index (χ0) is 23.0. The average molecular weight is 421 g/mol. The van der Waals surface area contributed by atoms with Crippen LogP contribution in [0.15, 0.2) is 42.2 Å². The minimum Gasteiger partial charge on any atom is -0.508 e. The van der Waals surface area contributed by atoms with Gasteiger partial charge in [-0.15, -0.1) is 0 Å². The summed E-state index contributed by atoms with van der Waals surface area (Å²) in [6.07, 6.45) is 0.643. The number of nitrogens with zero attached hydrogens (tertiary/aromatic N) is 1. The van der Waals surface area contributed by atoms with Crippen molar-refractivity contribution in [3.63, 3.8) is 0 Å². The predicted molar refractivity (Wildman–Crippen MR) is 115 cm³/mol. The molecule has 2 aromatic rings. The van der Waals surface area contributed by atoms with Crippen molar-refractivity contribution in [3.05, 3.63) is 63.8 Å². The van der Waals surface area contributed by atoms with E-state index in [1.807, 2.05) is 19.1 Å². The summed E-state index contributed by atoms with van der Waals surface area (Å²) in [5.41, 5.74) is -0.157. The largest absolute Gasteiger partial charge is 0.508 e. The molecule has 160 valence electrons. The highest BCUT2D eigenvalue weighted by Gasteiger charge is 2.47. The Kier molecular flexibility index (Phi) is 5.70. The number of nitroso groups, excluding NO2 is 1. The van der Waals surface area contributed by atoms with Crippen molar-refractivity contribution in [3.8, 4) is 17.6 Å². The third-order valence-electron chi connectivity index (χ3n) is 5.28. The summed E-state index contributed by atoms with van der Waals surface area (Å²) in [7, 11) is 0. The number of ether oxygens (including phenoxy) is 2. The molecule has 2 aromatic carbocycles. The quantitative estimate of drug-likeness (QED) is 0.759. The molecule has 0 spiro atoms. The Hall–Kier alpha value is -3.50. The van der Waals surface area contributed by atoms with Crippen molar-refractivity contribution in [2.24, 2.45) is 0 Å². The third kappa shape index (κ3) is 4.07. The van der Waals surface area contributed by atoms with Gasteiger partial charge < -0.3 is 14.6 Å². The number of Topliss-reactive ketones (excluding diaryl/α,β-unsaturated/α-hetero) is 1. The molecular formula is C24H25N2O5+. The number of nitrogens with one attached hydrogen (secondary N) is 1. The van der Waals surface area contributed by atoms with E-state index in [9.17, 15) is 20.1 Å². The SMILES string of the molecule is CCc1ccc(Oc2ccc([NH+]=O)c(C#N)c2)cc1C1=C(O)C(C)(C)OC(C)(C)C1=O. The molecule has 7 nitrogen and oxygen atoms in total. The van der Waals surface area contributed by atoms with Gasteiger partial charge in [-0.25, -0.2) is 0 Å². The van der Waals surface area contributed by atoms with Gasteiger partial charge in [-0.3, -0.25) is 4.79 Å². The summed E-state index contributed by atoms with van der Waals surface area (Å²) in [6, 6.07) is 11.7. The number of nitriles is 1. The van der Waals surface area contributed by atoms with E-state index in [2.05, 4.69) is 0 Å². The Bertz CT molecular complexity index is 1140. The summed E-state index contributed by atoms with van der Waals surface area (Å²) in [6.45, 7) is 8.77. The van der Waals surface area contributed by atoms with Gasteiger partial charge in [0.15, 0.2) is 5.78 Å². The van der Waals surface area contributed by atoms with E-state index in [4.69, 9.17) is 9.47 Å². The smallest absolute Gasteiger partial charge is 0.271 e. The Morgan fingerprint density at radius 1 is 1.10 bits per heavy atom. The first-order chi connectivity index (χ1) is 14.5. The lowest BCUT2D eigenvalue weighted by atomic mass is 9.81. The molecule has 0 aliphatic carbocycles. The number of ketones is 1. The van der Waals surface area contributed by atoms with Crippen molar-refractivity contribution >= 4 is 17.0 Å². The summed E-state index contributed by atoms with van der Waals surface area (Å²) in [5.74, 6) is 0.354. The predicted octanol–water partition coefficient (Wildman–Crippen LogP) is 3.82. The van der Waals surface area contributed by atoms with Crippen molar-refractivity contribution in [2.45, 2.75) is 52.2 Å².